The fourth-order valence-corrected chi connectivity index (χ4v) is 4.38. The zero-order valence-corrected chi connectivity index (χ0v) is 21.1. The van der Waals surface area contributed by atoms with E-state index in [1.807, 2.05) is 30.3 Å². The van der Waals surface area contributed by atoms with E-state index in [1.54, 1.807) is 25.6 Å². The van der Waals surface area contributed by atoms with Crippen molar-refractivity contribution in [3.63, 3.8) is 0 Å². The van der Waals surface area contributed by atoms with Crippen LogP contribution in [0, 0.1) is 6.92 Å². The van der Waals surface area contributed by atoms with E-state index in [1.165, 1.54) is 18.1 Å². The average Bonchev–Trinajstić information content (AvgIpc) is 3.16. The second-order valence-electron chi connectivity index (χ2n) is 8.68. The van der Waals surface area contributed by atoms with Crippen molar-refractivity contribution in [3.8, 4) is 11.5 Å². The number of amides is 1. The van der Waals surface area contributed by atoms with Crippen molar-refractivity contribution >= 4 is 12.0 Å². The standard InChI is InChI=1S/C26H31N5O5/c1-18-20(28-36-27-18)17-29(2)26(33)25-21-11-13-30(14-15-31(21)24(32)16-23(25)35-4)12-7-9-19-8-5-6-10-22(19)34-3/h5-10,16H,11-15,17H2,1-4H3/b9-7+. The summed E-state index contributed by atoms with van der Waals surface area (Å²) in [5.41, 5.74) is 3.12. The Labute approximate surface area is 209 Å². The van der Waals surface area contributed by atoms with E-state index >= 15 is 0 Å². The summed E-state index contributed by atoms with van der Waals surface area (Å²) < 4.78 is 17.3. The van der Waals surface area contributed by atoms with Crippen molar-refractivity contribution in [2.24, 2.45) is 0 Å². The molecule has 190 valence electrons. The molecule has 0 bridgehead atoms. The highest BCUT2D eigenvalue weighted by atomic mass is 16.6. The van der Waals surface area contributed by atoms with Crippen LogP contribution >= 0.6 is 0 Å². The van der Waals surface area contributed by atoms with Crippen molar-refractivity contribution in [3.05, 3.63) is 75.0 Å². The summed E-state index contributed by atoms with van der Waals surface area (Å²) in [7, 11) is 4.81. The Bertz CT molecular complexity index is 1310. The number of fused-ring (bicyclic) bond motifs is 1. The largest absolute Gasteiger partial charge is 0.496 e. The maximum absolute atomic E-state index is 13.5. The number of carbonyl (C=O) groups excluding carboxylic acids is 1. The van der Waals surface area contributed by atoms with Gasteiger partial charge in [-0.2, -0.15) is 0 Å². The Kier molecular flexibility index (Phi) is 7.84. The number of para-hydroxylation sites is 1. The number of nitrogens with zero attached hydrogens (tertiary/aromatic N) is 5. The van der Waals surface area contributed by atoms with Crippen LogP contribution in [-0.4, -0.2) is 71.5 Å². The second-order valence-corrected chi connectivity index (χ2v) is 8.68. The third-order valence-corrected chi connectivity index (χ3v) is 6.40. The highest BCUT2D eigenvalue weighted by Crippen LogP contribution is 2.25. The Morgan fingerprint density at radius 3 is 2.64 bits per heavy atom. The first-order valence-electron chi connectivity index (χ1n) is 11.8. The van der Waals surface area contributed by atoms with E-state index in [2.05, 4.69) is 21.3 Å². The molecule has 4 rings (SSSR count). The summed E-state index contributed by atoms with van der Waals surface area (Å²) in [4.78, 5) is 30.2. The quantitative estimate of drug-likeness (QED) is 0.471. The number of pyridine rings is 1. The van der Waals surface area contributed by atoms with Gasteiger partial charge in [-0.05, 0) is 13.0 Å². The van der Waals surface area contributed by atoms with Crippen LogP contribution < -0.4 is 15.0 Å². The molecule has 0 radical (unpaired) electrons. The molecule has 0 unspecified atom stereocenters. The molecule has 0 saturated heterocycles. The van der Waals surface area contributed by atoms with Crippen molar-refractivity contribution in [2.75, 3.05) is 40.9 Å². The molecule has 0 N–H and O–H groups in total. The van der Waals surface area contributed by atoms with Gasteiger partial charge in [0.05, 0.1) is 20.8 Å². The summed E-state index contributed by atoms with van der Waals surface area (Å²) in [5.74, 6) is 0.852. The summed E-state index contributed by atoms with van der Waals surface area (Å²) in [6.07, 6.45) is 4.66. The molecule has 1 amide bonds. The molecule has 3 heterocycles. The molecule has 1 aromatic carbocycles. The number of hydrogen-bond acceptors (Lipinski definition) is 8. The minimum Gasteiger partial charge on any atom is -0.496 e. The lowest BCUT2D eigenvalue weighted by molar-refractivity contribution is 0.0776. The SMILES string of the molecule is COc1ccccc1/C=C/CN1CCc2c(C(=O)N(C)Cc3nonc3C)c(OC)cc(=O)n2CC1. The lowest BCUT2D eigenvalue weighted by atomic mass is 10.1. The normalized spacial score (nSPS) is 13.9. The van der Waals surface area contributed by atoms with Gasteiger partial charge in [0.1, 0.15) is 28.5 Å². The number of benzene rings is 1. The first-order chi connectivity index (χ1) is 17.4. The molecular formula is C26H31N5O5. The van der Waals surface area contributed by atoms with Crippen molar-refractivity contribution < 1.29 is 18.9 Å². The molecule has 3 aromatic rings. The molecule has 10 heteroatoms. The van der Waals surface area contributed by atoms with Crippen LogP contribution in [0.2, 0.25) is 0 Å². The van der Waals surface area contributed by atoms with Crippen LogP contribution in [0.1, 0.15) is 33.0 Å². The van der Waals surface area contributed by atoms with Crippen molar-refractivity contribution in [2.45, 2.75) is 26.4 Å². The molecule has 0 aliphatic carbocycles. The number of aromatic nitrogens is 3. The Morgan fingerprint density at radius 1 is 1.14 bits per heavy atom. The average molecular weight is 494 g/mol. The van der Waals surface area contributed by atoms with Gasteiger partial charge in [-0.3, -0.25) is 14.5 Å². The van der Waals surface area contributed by atoms with Gasteiger partial charge >= 0.3 is 0 Å². The van der Waals surface area contributed by atoms with Crippen LogP contribution in [0.5, 0.6) is 11.5 Å². The zero-order valence-electron chi connectivity index (χ0n) is 21.1. The molecule has 0 saturated carbocycles. The number of rotatable bonds is 8. The van der Waals surface area contributed by atoms with Gasteiger partial charge in [0.15, 0.2) is 0 Å². The third-order valence-electron chi connectivity index (χ3n) is 6.40. The monoisotopic (exact) mass is 493 g/mol. The van der Waals surface area contributed by atoms with Crippen LogP contribution in [-0.2, 0) is 19.5 Å². The lowest BCUT2D eigenvalue weighted by Crippen LogP contribution is -2.32. The number of methoxy groups -OCH3 is 2. The minimum absolute atomic E-state index is 0.177. The lowest BCUT2D eigenvalue weighted by Gasteiger charge is -2.21. The predicted molar refractivity (Wildman–Crippen MR) is 134 cm³/mol. The van der Waals surface area contributed by atoms with Gasteiger partial charge in [0.25, 0.3) is 11.5 Å². The van der Waals surface area contributed by atoms with E-state index in [4.69, 9.17) is 14.1 Å². The Balaban J connectivity index is 1.54. The molecule has 2 aromatic heterocycles. The number of hydrogen-bond donors (Lipinski definition) is 0. The Morgan fingerprint density at radius 2 is 1.92 bits per heavy atom. The van der Waals surface area contributed by atoms with Gasteiger partial charge in [-0.25, -0.2) is 4.63 Å². The van der Waals surface area contributed by atoms with Crippen molar-refractivity contribution in [1.82, 2.24) is 24.7 Å². The third kappa shape index (κ3) is 5.33. The smallest absolute Gasteiger partial charge is 0.259 e. The number of ether oxygens (including phenoxy) is 2. The highest BCUT2D eigenvalue weighted by molar-refractivity contribution is 5.98. The van der Waals surface area contributed by atoms with Gasteiger partial charge in [-0.15, -0.1) is 0 Å². The molecule has 10 nitrogen and oxygen atoms in total. The van der Waals surface area contributed by atoms with E-state index in [0.29, 0.717) is 55.2 Å². The first kappa shape index (κ1) is 25.2. The molecule has 0 atom stereocenters. The van der Waals surface area contributed by atoms with Crippen LogP contribution in [0.15, 0.2) is 45.8 Å². The first-order valence-corrected chi connectivity index (χ1v) is 11.8. The van der Waals surface area contributed by atoms with E-state index in [0.717, 1.165) is 11.3 Å². The summed E-state index contributed by atoms with van der Waals surface area (Å²) in [6.45, 7) is 4.57. The van der Waals surface area contributed by atoms with Gasteiger partial charge < -0.3 is 18.9 Å². The highest BCUT2D eigenvalue weighted by Gasteiger charge is 2.27. The summed E-state index contributed by atoms with van der Waals surface area (Å²) in [6, 6.07) is 9.24. The maximum atomic E-state index is 13.5. The van der Waals surface area contributed by atoms with Gasteiger partial charge in [-0.1, -0.05) is 40.7 Å². The number of aryl methyl sites for hydroxylation is 1. The summed E-state index contributed by atoms with van der Waals surface area (Å²) >= 11 is 0. The van der Waals surface area contributed by atoms with Crippen LogP contribution in [0.3, 0.4) is 0 Å². The second kappa shape index (κ2) is 11.2. The van der Waals surface area contributed by atoms with Gasteiger partial charge in [0, 0.05) is 57.0 Å². The summed E-state index contributed by atoms with van der Waals surface area (Å²) in [5, 5.41) is 7.65. The van der Waals surface area contributed by atoms with Crippen LogP contribution in [0.4, 0.5) is 0 Å². The fraction of sp³-hybridized carbons (Fsp3) is 0.385. The molecule has 1 aliphatic heterocycles. The van der Waals surface area contributed by atoms with Gasteiger partial charge in [0.2, 0.25) is 0 Å². The van der Waals surface area contributed by atoms with E-state index in [9.17, 15) is 9.59 Å². The minimum atomic E-state index is -0.248. The predicted octanol–water partition coefficient (Wildman–Crippen LogP) is 2.40. The maximum Gasteiger partial charge on any atom is 0.259 e. The molecule has 0 fully saturated rings. The molecule has 0 spiro atoms. The van der Waals surface area contributed by atoms with E-state index in [-0.39, 0.29) is 23.8 Å². The topological polar surface area (TPSA) is 103 Å². The van der Waals surface area contributed by atoms with Crippen LogP contribution in [0.25, 0.3) is 6.08 Å². The number of carbonyl (C=O) groups is 1. The zero-order chi connectivity index (χ0) is 25.7. The molecule has 36 heavy (non-hydrogen) atoms. The Hall–Kier alpha value is -3.92. The molecular weight excluding hydrogens is 462 g/mol. The van der Waals surface area contributed by atoms with E-state index < -0.39 is 0 Å². The fourth-order valence-electron chi connectivity index (χ4n) is 4.38. The van der Waals surface area contributed by atoms with Crippen molar-refractivity contribution in [1.29, 1.82) is 0 Å². The molecule has 1 aliphatic rings.